The van der Waals surface area contributed by atoms with Gasteiger partial charge in [-0.25, -0.2) is 0 Å². The van der Waals surface area contributed by atoms with Gasteiger partial charge in [0.05, 0.1) is 12.5 Å². The van der Waals surface area contributed by atoms with Gasteiger partial charge in [-0.3, -0.25) is 4.79 Å². The zero-order valence-electron chi connectivity index (χ0n) is 12.2. The Morgan fingerprint density at radius 3 is 3.10 bits per heavy atom. The molecule has 0 bridgehead atoms. The Morgan fingerprint density at radius 1 is 1.52 bits per heavy atom. The van der Waals surface area contributed by atoms with Crippen LogP contribution in [0.4, 0.5) is 5.69 Å². The summed E-state index contributed by atoms with van der Waals surface area (Å²) < 4.78 is 5.69. The third-order valence-corrected chi connectivity index (χ3v) is 4.70. The van der Waals surface area contributed by atoms with Crippen LogP contribution in [0.1, 0.15) is 42.9 Å². The van der Waals surface area contributed by atoms with E-state index in [0.29, 0.717) is 17.5 Å². The molecule has 0 aromatic heterocycles. The molecule has 114 valence electrons. The first-order chi connectivity index (χ1) is 10.2. The number of fused-ring (bicyclic) bond motifs is 1. The number of ether oxygens (including phenoxy) is 1. The fourth-order valence-corrected chi connectivity index (χ4v) is 3.51. The van der Waals surface area contributed by atoms with Gasteiger partial charge in [0.1, 0.15) is 0 Å². The van der Waals surface area contributed by atoms with E-state index in [1.54, 1.807) is 0 Å². The van der Waals surface area contributed by atoms with Gasteiger partial charge in [-0.2, -0.15) is 0 Å². The van der Waals surface area contributed by atoms with Crippen LogP contribution >= 0.6 is 11.6 Å². The lowest BCUT2D eigenvalue weighted by Gasteiger charge is -2.20. The Kier molecular flexibility index (Phi) is 4.48. The molecule has 2 N–H and O–H groups in total. The second-order valence-corrected chi connectivity index (χ2v) is 6.22. The predicted octanol–water partition coefficient (Wildman–Crippen LogP) is 3.05. The first-order valence-corrected chi connectivity index (χ1v) is 7.96. The average Bonchev–Trinajstić information content (AvgIpc) is 3.08. The molecule has 0 spiro atoms. The SMILES string of the molecule is CNC(CCC1CCCO1)c1cc2c(cc1Cl)NC(=O)C2. The fraction of sp³-hybridized carbons (Fsp3) is 0.562. The summed E-state index contributed by atoms with van der Waals surface area (Å²) in [5.74, 6) is 0.0404. The maximum Gasteiger partial charge on any atom is 0.228 e. The van der Waals surface area contributed by atoms with E-state index in [9.17, 15) is 4.79 Å². The number of hydrogen-bond donors (Lipinski definition) is 2. The van der Waals surface area contributed by atoms with Crippen LogP contribution in [-0.2, 0) is 16.0 Å². The molecule has 5 heteroatoms. The molecule has 21 heavy (non-hydrogen) atoms. The van der Waals surface area contributed by atoms with E-state index < -0.39 is 0 Å². The van der Waals surface area contributed by atoms with Crippen LogP contribution in [0.25, 0.3) is 0 Å². The number of nitrogens with one attached hydrogen (secondary N) is 2. The quantitative estimate of drug-likeness (QED) is 0.879. The molecule has 2 aliphatic heterocycles. The minimum absolute atomic E-state index is 0.0404. The van der Waals surface area contributed by atoms with E-state index in [0.717, 1.165) is 42.7 Å². The number of amides is 1. The van der Waals surface area contributed by atoms with Gasteiger partial charge in [0, 0.05) is 23.4 Å². The normalized spacial score (nSPS) is 22.2. The molecule has 4 nitrogen and oxygen atoms in total. The highest BCUT2D eigenvalue weighted by atomic mass is 35.5. The van der Waals surface area contributed by atoms with Crippen molar-refractivity contribution in [2.45, 2.75) is 44.2 Å². The molecule has 1 aromatic carbocycles. The highest BCUT2D eigenvalue weighted by molar-refractivity contribution is 6.32. The number of benzene rings is 1. The molecule has 2 atom stereocenters. The zero-order chi connectivity index (χ0) is 14.8. The molecule has 1 aromatic rings. The van der Waals surface area contributed by atoms with Crippen LogP contribution < -0.4 is 10.6 Å². The van der Waals surface area contributed by atoms with E-state index in [1.165, 1.54) is 6.42 Å². The van der Waals surface area contributed by atoms with Gasteiger partial charge in [-0.05, 0) is 49.9 Å². The molecule has 2 aliphatic rings. The molecule has 2 unspecified atom stereocenters. The van der Waals surface area contributed by atoms with E-state index in [4.69, 9.17) is 16.3 Å². The summed E-state index contributed by atoms with van der Waals surface area (Å²) in [6.07, 6.45) is 5.19. The Labute approximate surface area is 130 Å². The van der Waals surface area contributed by atoms with E-state index in [1.807, 2.05) is 13.1 Å². The van der Waals surface area contributed by atoms with Crippen molar-refractivity contribution < 1.29 is 9.53 Å². The molecule has 2 heterocycles. The van der Waals surface area contributed by atoms with Crippen LogP contribution in [0.5, 0.6) is 0 Å². The first kappa shape index (κ1) is 14.8. The summed E-state index contributed by atoms with van der Waals surface area (Å²) >= 11 is 6.40. The molecule has 1 amide bonds. The summed E-state index contributed by atoms with van der Waals surface area (Å²) in [4.78, 5) is 11.5. The molecule has 1 saturated heterocycles. The van der Waals surface area contributed by atoms with Crippen LogP contribution in [0.2, 0.25) is 5.02 Å². The highest BCUT2D eigenvalue weighted by Crippen LogP contribution is 2.34. The van der Waals surface area contributed by atoms with Crippen molar-refractivity contribution in [2.75, 3.05) is 19.0 Å². The maximum absolute atomic E-state index is 11.5. The number of carbonyl (C=O) groups is 1. The molecule has 0 radical (unpaired) electrons. The summed E-state index contributed by atoms with van der Waals surface area (Å²) in [6.45, 7) is 0.891. The Hall–Kier alpha value is -1.10. The van der Waals surface area contributed by atoms with Crippen LogP contribution in [0, 0.1) is 0 Å². The van der Waals surface area contributed by atoms with Crippen molar-refractivity contribution in [3.63, 3.8) is 0 Å². The summed E-state index contributed by atoms with van der Waals surface area (Å²) in [7, 11) is 1.95. The Balaban J connectivity index is 1.74. The van der Waals surface area contributed by atoms with Crippen molar-refractivity contribution in [2.24, 2.45) is 0 Å². The lowest BCUT2D eigenvalue weighted by atomic mass is 9.97. The topological polar surface area (TPSA) is 50.4 Å². The highest BCUT2D eigenvalue weighted by Gasteiger charge is 2.23. The molecule has 0 aliphatic carbocycles. The van der Waals surface area contributed by atoms with Crippen molar-refractivity contribution in [3.8, 4) is 0 Å². The largest absolute Gasteiger partial charge is 0.378 e. The second-order valence-electron chi connectivity index (χ2n) is 5.81. The zero-order valence-corrected chi connectivity index (χ0v) is 13.0. The lowest BCUT2D eigenvalue weighted by Crippen LogP contribution is -2.19. The third kappa shape index (κ3) is 3.23. The summed E-state index contributed by atoms with van der Waals surface area (Å²) in [6, 6.07) is 4.13. The second kappa shape index (κ2) is 6.34. The molecule has 1 fully saturated rings. The molecular formula is C16H21ClN2O2. The van der Waals surface area contributed by atoms with Crippen LogP contribution in [0.3, 0.4) is 0 Å². The number of halogens is 1. The molecular weight excluding hydrogens is 288 g/mol. The van der Waals surface area contributed by atoms with Crippen molar-refractivity contribution in [1.82, 2.24) is 5.32 Å². The number of hydrogen-bond acceptors (Lipinski definition) is 3. The van der Waals surface area contributed by atoms with Gasteiger partial charge in [-0.1, -0.05) is 17.7 Å². The van der Waals surface area contributed by atoms with Crippen molar-refractivity contribution in [3.05, 3.63) is 28.3 Å². The smallest absolute Gasteiger partial charge is 0.228 e. The monoisotopic (exact) mass is 308 g/mol. The lowest BCUT2D eigenvalue weighted by molar-refractivity contribution is -0.115. The van der Waals surface area contributed by atoms with Crippen molar-refractivity contribution >= 4 is 23.2 Å². The Morgan fingerprint density at radius 2 is 2.38 bits per heavy atom. The summed E-state index contributed by atoms with van der Waals surface area (Å²) in [5, 5.41) is 6.89. The minimum Gasteiger partial charge on any atom is -0.378 e. The minimum atomic E-state index is 0.0404. The third-order valence-electron chi connectivity index (χ3n) is 4.37. The van der Waals surface area contributed by atoms with E-state index >= 15 is 0 Å². The van der Waals surface area contributed by atoms with Gasteiger partial charge < -0.3 is 15.4 Å². The van der Waals surface area contributed by atoms with Gasteiger partial charge in [0.2, 0.25) is 5.91 Å². The van der Waals surface area contributed by atoms with Gasteiger partial charge in [0.15, 0.2) is 0 Å². The van der Waals surface area contributed by atoms with Gasteiger partial charge >= 0.3 is 0 Å². The van der Waals surface area contributed by atoms with Gasteiger partial charge in [-0.15, -0.1) is 0 Å². The molecule has 0 saturated carbocycles. The van der Waals surface area contributed by atoms with E-state index in [-0.39, 0.29) is 11.9 Å². The van der Waals surface area contributed by atoms with Crippen molar-refractivity contribution in [1.29, 1.82) is 0 Å². The average molecular weight is 309 g/mol. The van der Waals surface area contributed by atoms with Crippen LogP contribution in [-0.4, -0.2) is 25.7 Å². The number of carbonyl (C=O) groups excluding carboxylic acids is 1. The molecule has 3 rings (SSSR count). The fourth-order valence-electron chi connectivity index (χ4n) is 3.21. The number of rotatable bonds is 5. The standard InChI is InChI=1S/C16H21ClN2O2/c1-18-14(5-4-11-3-2-6-21-11)12-7-10-8-16(20)19-15(10)9-13(12)17/h7,9,11,14,18H,2-6,8H2,1H3,(H,19,20). The summed E-state index contributed by atoms with van der Waals surface area (Å²) in [5.41, 5.74) is 2.96. The Bertz CT molecular complexity index is 541. The van der Waals surface area contributed by atoms with E-state index in [2.05, 4.69) is 16.7 Å². The predicted molar refractivity (Wildman–Crippen MR) is 83.8 cm³/mol. The maximum atomic E-state index is 11.5. The first-order valence-electron chi connectivity index (χ1n) is 7.58. The number of anilines is 1. The van der Waals surface area contributed by atoms with Gasteiger partial charge in [0.25, 0.3) is 0 Å². The van der Waals surface area contributed by atoms with Crippen LogP contribution in [0.15, 0.2) is 12.1 Å².